The molecule has 0 aliphatic carbocycles. The van der Waals surface area contributed by atoms with Crippen molar-refractivity contribution in [1.29, 1.82) is 0 Å². The summed E-state index contributed by atoms with van der Waals surface area (Å²) < 4.78 is 10.7. The van der Waals surface area contributed by atoms with Crippen molar-refractivity contribution < 1.29 is 9.47 Å². The molecule has 2 atom stereocenters. The monoisotopic (exact) mass is 264 g/mol. The predicted molar refractivity (Wildman–Crippen MR) is 76.2 cm³/mol. The second-order valence-corrected chi connectivity index (χ2v) is 5.33. The van der Waals surface area contributed by atoms with E-state index in [0.29, 0.717) is 5.92 Å². The molecule has 1 heterocycles. The summed E-state index contributed by atoms with van der Waals surface area (Å²) in [7, 11) is 3.82. The first-order valence-corrected chi connectivity index (χ1v) is 6.84. The van der Waals surface area contributed by atoms with E-state index in [-0.39, 0.29) is 6.04 Å². The second kappa shape index (κ2) is 6.89. The summed E-state index contributed by atoms with van der Waals surface area (Å²) in [6.45, 7) is 3.49. The Labute approximate surface area is 115 Å². The van der Waals surface area contributed by atoms with Gasteiger partial charge in [-0.05, 0) is 31.2 Å². The maximum atomic E-state index is 6.14. The van der Waals surface area contributed by atoms with Crippen LogP contribution in [0.3, 0.4) is 0 Å². The van der Waals surface area contributed by atoms with Gasteiger partial charge in [0.1, 0.15) is 5.75 Å². The topological polar surface area (TPSA) is 47.7 Å². The molecule has 106 valence electrons. The summed E-state index contributed by atoms with van der Waals surface area (Å²) >= 11 is 0. The molecular weight excluding hydrogens is 240 g/mol. The van der Waals surface area contributed by atoms with Crippen LogP contribution < -0.4 is 10.5 Å². The molecule has 0 amide bonds. The lowest BCUT2D eigenvalue weighted by Crippen LogP contribution is -2.44. The molecule has 0 bridgehead atoms. The highest BCUT2D eigenvalue weighted by atomic mass is 16.5. The average Bonchev–Trinajstić information content (AvgIpc) is 2.42. The number of hydrogen-bond acceptors (Lipinski definition) is 4. The fourth-order valence-electron chi connectivity index (χ4n) is 2.51. The van der Waals surface area contributed by atoms with Crippen molar-refractivity contribution in [3.63, 3.8) is 0 Å². The first kappa shape index (κ1) is 14.3. The Morgan fingerprint density at radius 1 is 1.37 bits per heavy atom. The summed E-state index contributed by atoms with van der Waals surface area (Å²) in [5.74, 6) is 1.34. The van der Waals surface area contributed by atoms with Crippen LogP contribution in [0.1, 0.15) is 12.0 Å². The number of nitrogens with two attached hydrogens (primary N) is 1. The van der Waals surface area contributed by atoms with Crippen molar-refractivity contribution >= 4 is 0 Å². The molecule has 0 radical (unpaired) electrons. The number of rotatable bonds is 5. The number of ether oxygens (including phenoxy) is 2. The second-order valence-electron chi connectivity index (χ2n) is 5.33. The van der Waals surface area contributed by atoms with Crippen molar-refractivity contribution in [2.45, 2.75) is 19.0 Å². The van der Waals surface area contributed by atoms with Gasteiger partial charge in [0.05, 0.1) is 13.7 Å². The van der Waals surface area contributed by atoms with Gasteiger partial charge in [0, 0.05) is 31.7 Å². The van der Waals surface area contributed by atoms with Gasteiger partial charge < -0.3 is 20.1 Å². The van der Waals surface area contributed by atoms with Crippen LogP contribution in [0.2, 0.25) is 0 Å². The van der Waals surface area contributed by atoms with Gasteiger partial charge in [-0.25, -0.2) is 0 Å². The lowest BCUT2D eigenvalue weighted by molar-refractivity contribution is 0.0286. The Bertz CT molecular complexity index is 380. The van der Waals surface area contributed by atoms with E-state index in [9.17, 15) is 0 Å². The van der Waals surface area contributed by atoms with Crippen LogP contribution in [0.25, 0.3) is 0 Å². The molecule has 4 nitrogen and oxygen atoms in total. The summed E-state index contributed by atoms with van der Waals surface area (Å²) in [5, 5.41) is 0. The van der Waals surface area contributed by atoms with Gasteiger partial charge in [-0.15, -0.1) is 0 Å². The van der Waals surface area contributed by atoms with E-state index < -0.39 is 0 Å². The summed E-state index contributed by atoms with van der Waals surface area (Å²) in [4.78, 5) is 2.31. The Kier molecular flexibility index (Phi) is 5.19. The van der Waals surface area contributed by atoms with E-state index >= 15 is 0 Å². The minimum atomic E-state index is 0.270. The largest absolute Gasteiger partial charge is 0.497 e. The zero-order valence-corrected chi connectivity index (χ0v) is 11.8. The molecular formula is C15H24N2O2. The molecule has 1 aliphatic rings. The van der Waals surface area contributed by atoms with Crippen LogP contribution in [0, 0.1) is 5.92 Å². The van der Waals surface area contributed by atoms with Crippen LogP contribution in [0.15, 0.2) is 24.3 Å². The van der Waals surface area contributed by atoms with E-state index in [1.165, 1.54) is 5.56 Å². The van der Waals surface area contributed by atoms with Gasteiger partial charge in [0.15, 0.2) is 0 Å². The van der Waals surface area contributed by atoms with Crippen LogP contribution in [-0.4, -0.2) is 44.9 Å². The lowest BCUT2D eigenvalue weighted by Gasteiger charge is -2.32. The maximum Gasteiger partial charge on any atom is 0.118 e. The van der Waals surface area contributed by atoms with Gasteiger partial charge in [0.25, 0.3) is 0 Å². The fraction of sp³-hybridized carbons (Fsp3) is 0.600. The molecule has 1 fully saturated rings. The molecule has 1 aromatic rings. The van der Waals surface area contributed by atoms with Crippen molar-refractivity contribution in [2.75, 3.05) is 33.9 Å². The molecule has 0 aromatic heterocycles. The van der Waals surface area contributed by atoms with Crippen LogP contribution in [-0.2, 0) is 11.3 Å². The summed E-state index contributed by atoms with van der Waals surface area (Å²) in [5.41, 5.74) is 7.42. The maximum absolute atomic E-state index is 6.14. The van der Waals surface area contributed by atoms with Gasteiger partial charge in [-0.1, -0.05) is 12.1 Å². The molecule has 4 heteroatoms. The van der Waals surface area contributed by atoms with E-state index in [0.717, 1.165) is 38.5 Å². The SMILES string of the molecule is COc1ccc(CN(C)CC2COCCC2N)cc1. The zero-order chi connectivity index (χ0) is 13.7. The van der Waals surface area contributed by atoms with Gasteiger partial charge in [-0.2, -0.15) is 0 Å². The Morgan fingerprint density at radius 2 is 2.11 bits per heavy atom. The zero-order valence-electron chi connectivity index (χ0n) is 11.8. The van der Waals surface area contributed by atoms with Crippen LogP contribution in [0.5, 0.6) is 5.75 Å². The third kappa shape index (κ3) is 4.20. The highest BCUT2D eigenvalue weighted by Crippen LogP contribution is 2.16. The molecule has 2 N–H and O–H groups in total. The molecule has 2 rings (SSSR count). The quantitative estimate of drug-likeness (QED) is 0.875. The average molecular weight is 264 g/mol. The van der Waals surface area contributed by atoms with E-state index in [2.05, 4.69) is 24.1 Å². The van der Waals surface area contributed by atoms with Crippen molar-refractivity contribution in [2.24, 2.45) is 11.7 Å². The Morgan fingerprint density at radius 3 is 2.74 bits per heavy atom. The molecule has 0 spiro atoms. The number of benzene rings is 1. The van der Waals surface area contributed by atoms with Crippen LogP contribution in [0.4, 0.5) is 0 Å². The van der Waals surface area contributed by atoms with Gasteiger partial charge in [0.2, 0.25) is 0 Å². The molecule has 0 saturated carbocycles. The number of hydrogen-bond donors (Lipinski definition) is 1. The highest BCUT2D eigenvalue weighted by Gasteiger charge is 2.23. The van der Waals surface area contributed by atoms with Gasteiger partial charge >= 0.3 is 0 Å². The van der Waals surface area contributed by atoms with E-state index in [1.54, 1.807) is 7.11 Å². The predicted octanol–water partition coefficient (Wildman–Crippen LogP) is 1.49. The first-order valence-electron chi connectivity index (χ1n) is 6.84. The molecule has 2 unspecified atom stereocenters. The lowest BCUT2D eigenvalue weighted by atomic mass is 9.96. The van der Waals surface area contributed by atoms with Crippen molar-refractivity contribution in [3.8, 4) is 5.75 Å². The number of methoxy groups -OCH3 is 1. The third-order valence-electron chi connectivity index (χ3n) is 3.69. The fourth-order valence-corrected chi connectivity index (χ4v) is 2.51. The van der Waals surface area contributed by atoms with Crippen molar-refractivity contribution in [3.05, 3.63) is 29.8 Å². The van der Waals surface area contributed by atoms with Gasteiger partial charge in [-0.3, -0.25) is 0 Å². The first-order chi connectivity index (χ1) is 9.19. The van der Waals surface area contributed by atoms with E-state index in [4.69, 9.17) is 15.2 Å². The Hall–Kier alpha value is -1.10. The van der Waals surface area contributed by atoms with Crippen molar-refractivity contribution in [1.82, 2.24) is 4.90 Å². The summed E-state index contributed by atoms with van der Waals surface area (Å²) in [6, 6.07) is 8.48. The standard InChI is InChI=1S/C15H24N2O2/c1-17(10-13-11-19-8-7-15(13)16)9-12-3-5-14(18-2)6-4-12/h3-6,13,15H,7-11,16H2,1-2H3. The molecule has 1 aliphatic heterocycles. The molecule has 1 saturated heterocycles. The molecule has 19 heavy (non-hydrogen) atoms. The third-order valence-corrected chi connectivity index (χ3v) is 3.69. The smallest absolute Gasteiger partial charge is 0.118 e. The highest BCUT2D eigenvalue weighted by molar-refractivity contribution is 5.27. The molecule has 1 aromatic carbocycles. The minimum Gasteiger partial charge on any atom is -0.497 e. The van der Waals surface area contributed by atoms with Crippen LogP contribution >= 0.6 is 0 Å². The number of nitrogens with zero attached hydrogens (tertiary/aromatic N) is 1. The normalized spacial score (nSPS) is 23.6. The minimum absolute atomic E-state index is 0.270. The van der Waals surface area contributed by atoms with E-state index in [1.807, 2.05) is 12.1 Å². The summed E-state index contributed by atoms with van der Waals surface area (Å²) in [6.07, 6.45) is 0.973. The Balaban J connectivity index is 1.84.